The molecule has 2 aromatic carbocycles. The van der Waals surface area contributed by atoms with Gasteiger partial charge in [-0.1, -0.05) is 43.0 Å². The van der Waals surface area contributed by atoms with Crippen LogP contribution in [0.3, 0.4) is 0 Å². The molecule has 3 amide bonds. The molecule has 2 fully saturated rings. The van der Waals surface area contributed by atoms with Gasteiger partial charge in [-0.2, -0.15) is 0 Å². The molecule has 1 saturated heterocycles. The lowest BCUT2D eigenvalue weighted by atomic mass is 9.95. The summed E-state index contributed by atoms with van der Waals surface area (Å²) in [6.07, 6.45) is 5.47. The SMILES string of the molecule is COc1ccccc1N1CC(C(=O)Nc2ccc(Cl)c(C(=O)NC3CCCCC3)c2)CC1=O. The Hall–Kier alpha value is -3.06. The Labute approximate surface area is 198 Å². The van der Waals surface area contributed by atoms with Crippen LogP contribution in [0.5, 0.6) is 5.75 Å². The van der Waals surface area contributed by atoms with E-state index in [4.69, 9.17) is 16.3 Å². The minimum atomic E-state index is -0.516. The van der Waals surface area contributed by atoms with Gasteiger partial charge in [-0.25, -0.2) is 0 Å². The number of nitrogens with one attached hydrogen (secondary N) is 2. The summed E-state index contributed by atoms with van der Waals surface area (Å²) in [4.78, 5) is 39.9. The van der Waals surface area contributed by atoms with E-state index in [1.165, 1.54) is 6.42 Å². The third kappa shape index (κ3) is 5.30. The van der Waals surface area contributed by atoms with Crippen molar-refractivity contribution in [3.05, 3.63) is 53.1 Å². The molecule has 0 radical (unpaired) electrons. The molecule has 0 spiro atoms. The van der Waals surface area contributed by atoms with Gasteiger partial charge in [-0.3, -0.25) is 14.4 Å². The molecule has 4 rings (SSSR count). The zero-order valence-electron chi connectivity index (χ0n) is 18.6. The number of nitrogens with zero attached hydrogens (tertiary/aromatic N) is 1. The second kappa shape index (κ2) is 10.3. The standard InChI is InChI=1S/C25H28ClN3O4/c1-33-22-10-6-5-9-21(22)29-15-16(13-23(29)30)24(31)28-18-11-12-20(26)19(14-18)25(32)27-17-7-3-2-4-8-17/h5-6,9-12,14,16-17H,2-4,7-8,13,15H2,1H3,(H,27,32)(H,28,31). The van der Waals surface area contributed by atoms with Crippen molar-refractivity contribution < 1.29 is 19.1 Å². The Balaban J connectivity index is 1.42. The normalized spacial score (nSPS) is 18.8. The Bertz CT molecular complexity index is 1050. The summed E-state index contributed by atoms with van der Waals surface area (Å²) in [5.74, 6) is -0.581. The number of carbonyl (C=O) groups excluding carboxylic acids is 3. The van der Waals surface area contributed by atoms with Gasteiger partial charge >= 0.3 is 0 Å². The largest absolute Gasteiger partial charge is 0.495 e. The Morgan fingerprint density at radius 1 is 1.09 bits per heavy atom. The van der Waals surface area contributed by atoms with E-state index in [9.17, 15) is 14.4 Å². The zero-order chi connectivity index (χ0) is 23.4. The summed E-state index contributed by atoms with van der Waals surface area (Å²) < 4.78 is 5.35. The first-order valence-corrected chi connectivity index (χ1v) is 11.7. The molecule has 174 valence electrons. The minimum Gasteiger partial charge on any atom is -0.495 e. The van der Waals surface area contributed by atoms with Gasteiger partial charge in [-0.15, -0.1) is 0 Å². The van der Waals surface area contributed by atoms with Crippen LogP contribution in [0, 0.1) is 5.92 Å². The molecule has 33 heavy (non-hydrogen) atoms. The molecule has 1 atom stereocenters. The number of ether oxygens (including phenoxy) is 1. The van der Waals surface area contributed by atoms with Crippen LogP contribution in [0.4, 0.5) is 11.4 Å². The lowest BCUT2D eigenvalue weighted by molar-refractivity contribution is -0.122. The van der Waals surface area contributed by atoms with Gasteiger partial charge in [-0.05, 0) is 43.2 Å². The molecule has 0 aromatic heterocycles. The van der Waals surface area contributed by atoms with Gasteiger partial charge in [0.15, 0.2) is 0 Å². The molecule has 0 bridgehead atoms. The highest BCUT2D eigenvalue weighted by atomic mass is 35.5. The number of carbonyl (C=O) groups is 3. The van der Waals surface area contributed by atoms with E-state index in [1.807, 2.05) is 12.1 Å². The smallest absolute Gasteiger partial charge is 0.253 e. The van der Waals surface area contributed by atoms with Crippen molar-refractivity contribution in [3.8, 4) is 5.75 Å². The summed E-state index contributed by atoms with van der Waals surface area (Å²) in [5, 5.41) is 6.23. The van der Waals surface area contributed by atoms with Gasteiger partial charge in [0.05, 0.1) is 29.3 Å². The zero-order valence-corrected chi connectivity index (χ0v) is 19.4. The van der Waals surface area contributed by atoms with Gasteiger partial charge < -0.3 is 20.3 Å². The number of halogens is 1. The first kappa shape index (κ1) is 23.1. The van der Waals surface area contributed by atoms with Gasteiger partial charge in [0.1, 0.15) is 5.75 Å². The van der Waals surface area contributed by atoms with Crippen LogP contribution >= 0.6 is 11.6 Å². The van der Waals surface area contributed by atoms with Crippen molar-refractivity contribution in [1.29, 1.82) is 0 Å². The van der Waals surface area contributed by atoms with E-state index in [1.54, 1.807) is 42.3 Å². The third-order valence-corrected chi connectivity index (χ3v) is 6.62. The second-order valence-electron chi connectivity index (χ2n) is 8.57. The molecule has 2 aromatic rings. The number of hydrogen-bond acceptors (Lipinski definition) is 4. The maximum absolute atomic E-state index is 12.9. The average Bonchev–Trinajstić information content (AvgIpc) is 3.22. The minimum absolute atomic E-state index is 0.104. The number of benzene rings is 2. The van der Waals surface area contributed by atoms with Crippen LogP contribution in [0.1, 0.15) is 48.9 Å². The van der Waals surface area contributed by atoms with E-state index >= 15 is 0 Å². The summed E-state index contributed by atoms with van der Waals surface area (Å²) in [7, 11) is 1.55. The fourth-order valence-corrected chi connectivity index (χ4v) is 4.70. The van der Waals surface area contributed by atoms with E-state index in [0.29, 0.717) is 27.7 Å². The second-order valence-corrected chi connectivity index (χ2v) is 8.98. The summed E-state index contributed by atoms with van der Waals surface area (Å²) >= 11 is 6.27. The molecule has 1 unspecified atom stereocenters. The predicted octanol–water partition coefficient (Wildman–Crippen LogP) is 4.40. The lowest BCUT2D eigenvalue weighted by Crippen LogP contribution is -2.36. The Morgan fingerprint density at radius 3 is 2.61 bits per heavy atom. The van der Waals surface area contributed by atoms with Crippen molar-refractivity contribution in [2.24, 2.45) is 5.92 Å². The third-order valence-electron chi connectivity index (χ3n) is 6.29. The number of anilines is 2. The van der Waals surface area contributed by atoms with Crippen molar-refractivity contribution in [3.63, 3.8) is 0 Å². The molecule has 1 aliphatic heterocycles. The number of para-hydroxylation sites is 2. The number of hydrogen-bond donors (Lipinski definition) is 2. The highest BCUT2D eigenvalue weighted by molar-refractivity contribution is 6.34. The number of amides is 3. The summed E-state index contributed by atoms with van der Waals surface area (Å²) in [5.41, 5.74) is 1.45. The van der Waals surface area contributed by atoms with Crippen LogP contribution in [-0.4, -0.2) is 37.4 Å². The molecule has 8 heteroatoms. The Kier molecular flexibility index (Phi) is 7.18. The molecule has 1 aliphatic carbocycles. The first-order valence-electron chi connectivity index (χ1n) is 11.3. The van der Waals surface area contributed by atoms with Crippen LogP contribution in [0.2, 0.25) is 5.02 Å². The van der Waals surface area contributed by atoms with E-state index < -0.39 is 5.92 Å². The van der Waals surface area contributed by atoms with Gasteiger partial charge in [0.25, 0.3) is 5.91 Å². The number of methoxy groups -OCH3 is 1. The fourth-order valence-electron chi connectivity index (χ4n) is 4.50. The highest BCUT2D eigenvalue weighted by Gasteiger charge is 2.36. The Morgan fingerprint density at radius 2 is 1.85 bits per heavy atom. The van der Waals surface area contributed by atoms with Gasteiger partial charge in [0, 0.05) is 24.7 Å². The highest BCUT2D eigenvalue weighted by Crippen LogP contribution is 2.33. The summed E-state index contributed by atoms with van der Waals surface area (Å²) in [6.45, 7) is 0.258. The first-order chi connectivity index (χ1) is 16.0. The molecular weight excluding hydrogens is 442 g/mol. The van der Waals surface area contributed by atoms with Crippen molar-refractivity contribution >= 4 is 40.7 Å². The van der Waals surface area contributed by atoms with Crippen LogP contribution in [-0.2, 0) is 9.59 Å². The molecule has 2 aliphatic rings. The van der Waals surface area contributed by atoms with E-state index in [2.05, 4.69) is 10.6 Å². The predicted molar refractivity (Wildman–Crippen MR) is 128 cm³/mol. The molecule has 7 nitrogen and oxygen atoms in total. The van der Waals surface area contributed by atoms with Crippen LogP contribution in [0.25, 0.3) is 0 Å². The van der Waals surface area contributed by atoms with Gasteiger partial charge in [0.2, 0.25) is 11.8 Å². The number of rotatable bonds is 6. The quantitative estimate of drug-likeness (QED) is 0.656. The van der Waals surface area contributed by atoms with Crippen molar-refractivity contribution in [1.82, 2.24) is 5.32 Å². The van der Waals surface area contributed by atoms with E-state index in [-0.39, 0.29) is 36.7 Å². The molecular formula is C25H28ClN3O4. The lowest BCUT2D eigenvalue weighted by Gasteiger charge is -2.23. The fraction of sp³-hybridized carbons (Fsp3) is 0.400. The molecule has 1 heterocycles. The van der Waals surface area contributed by atoms with Crippen molar-refractivity contribution in [2.75, 3.05) is 23.9 Å². The summed E-state index contributed by atoms with van der Waals surface area (Å²) in [6, 6.07) is 12.2. The van der Waals surface area contributed by atoms with E-state index in [0.717, 1.165) is 25.7 Å². The van der Waals surface area contributed by atoms with Crippen LogP contribution in [0.15, 0.2) is 42.5 Å². The monoisotopic (exact) mass is 469 g/mol. The van der Waals surface area contributed by atoms with Crippen molar-refractivity contribution in [2.45, 2.75) is 44.6 Å². The maximum Gasteiger partial charge on any atom is 0.253 e. The molecule has 1 saturated carbocycles. The maximum atomic E-state index is 12.9. The van der Waals surface area contributed by atoms with Crippen LogP contribution < -0.4 is 20.3 Å². The molecule has 2 N–H and O–H groups in total. The topological polar surface area (TPSA) is 87.7 Å². The average molecular weight is 470 g/mol.